The van der Waals surface area contributed by atoms with Crippen molar-refractivity contribution < 1.29 is 9.53 Å². The second-order valence-electron chi connectivity index (χ2n) is 5.49. The van der Waals surface area contributed by atoms with Gasteiger partial charge in [-0.2, -0.15) is 9.61 Å². The summed E-state index contributed by atoms with van der Waals surface area (Å²) >= 11 is 0. The molecule has 0 saturated carbocycles. The van der Waals surface area contributed by atoms with Crippen molar-refractivity contribution in [2.75, 3.05) is 11.9 Å². The second-order valence-corrected chi connectivity index (χ2v) is 5.49. The Balaban J connectivity index is 1.52. The Bertz CT molecular complexity index is 858. The molecule has 4 rings (SSSR count). The number of benzene rings is 1. The molecule has 3 heterocycles. The number of ether oxygens (including phenoxy) is 1. The molecular weight excluding hydrogens is 292 g/mol. The van der Waals surface area contributed by atoms with E-state index in [-0.39, 0.29) is 18.4 Å². The van der Waals surface area contributed by atoms with Crippen molar-refractivity contribution >= 4 is 17.4 Å². The Morgan fingerprint density at radius 1 is 1.26 bits per heavy atom. The van der Waals surface area contributed by atoms with Gasteiger partial charge in [0.25, 0.3) is 0 Å². The van der Waals surface area contributed by atoms with Crippen molar-refractivity contribution in [3.63, 3.8) is 0 Å². The van der Waals surface area contributed by atoms with E-state index in [0.29, 0.717) is 18.1 Å². The minimum absolute atomic E-state index is 0.102. The molecule has 6 nitrogen and oxygen atoms in total. The molecule has 0 saturated heterocycles. The molecule has 0 fully saturated rings. The molecule has 1 atom stereocenters. The highest BCUT2D eigenvalue weighted by molar-refractivity contribution is 5.90. The largest absolute Gasteiger partial charge is 0.373 e. The van der Waals surface area contributed by atoms with Crippen molar-refractivity contribution in [3.05, 3.63) is 59.9 Å². The number of carbonyl (C=O) groups is 1. The van der Waals surface area contributed by atoms with Gasteiger partial charge in [0, 0.05) is 12.3 Å². The Kier molecular flexibility index (Phi) is 3.51. The van der Waals surface area contributed by atoms with Crippen molar-refractivity contribution in [2.24, 2.45) is 0 Å². The first-order chi connectivity index (χ1) is 11.3. The number of hydrogen-bond donors (Lipinski definition) is 1. The normalized spacial score (nSPS) is 17.0. The van der Waals surface area contributed by atoms with Gasteiger partial charge in [-0.3, -0.25) is 4.79 Å². The van der Waals surface area contributed by atoms with Gasteiger partial charge in [0.15, 0.2) is 5.65 Å². The van der Waals surface area contributed by atoms with Gasteiger partial charge in [-0.1, -0.05) is 24.3 Å². The summed E-state index contributed by atoms with van der Waals surface area (Å²) in [6, 6.07) is 11.6. The van der Waals surface area contributed by atoms with E-state index >= 15 is 0 Å². The minimum Gasteiger partial charge on any atom is -0.373 e. The average Bonchev–Trinajstić information content (AvgIpc) is 3.05. The van der Waals surface area contributed by atoms with Gasteiger partial charge in [0.2, 0.25) is 5.91 Å². The van der Waals surface area contributed by atoms with Crippen LogP contribution in [0, 0.1) is 0 Å². The molecule has 0 radical (unpaired) electrons. The standard InChI is InChI=1S/C17H16N4O2/c22-17(20-16-5-8-18-15-6-9-19-21(15)16)11-14-13-4-2-1-3-12(13)7-10-23-14/h1-6,8-9,14H,7,10-11H2,(H,20,22)/t14-/m0/s1. The zero-order chi connectivity index (χ0) is 15.6. The monoisotopic (exact) mass is 308 g/mol. The number of fused-ring (bicyclic) bond motifs is 2. The Labute approximate surface area is 133 Å². The van der Waals surface area contributed by atoms with Crippen molar-refractivity contribution in [1.82, 2.24) is 14.6 Å². The number of nitrogens with zero attached hydrogens (tertiary/aromatic N) is 3. The molecule has 0 bridgehead atoms. The first-order valence-electron chi connectivity index (χ1n) is 7.59. The predicted molar refractivity (Wildman–Crippen MR) is 85.1 cm³/mol. The summed E-state index contributed by atoms with van der Waals surface area (Å²) in [7, 11) is 0. The smallest absolute Gasteiger partial charge is 0.228 e. The summed E-state index contributed by atoms with van der Waals surface area (Å²) in [4.78, 5) is 16.6. The summed E-state index contributed by atoms with van der Waals surface area (Å²) in [6.07, 6.45) is 4.28. The number of carbonyl (C=O) groups excluding carboxylic acids is 1. The summed E-state index contributed by atoms with van der Waals surface area (Å²) in [6.45, 7) is 0.646. The molecule has 1 amide bonds. The van der Waals surface area contributed by atoms with E-state index in [2.05, 4.69) is 21.5 Å². The molecular formula is C17H16N4O2. The third-order valence-corrected chi connectivity index (χ3v) is 4.02. The van der Waals surface area contributed by atoms with Gasteiger partial charge >= 0.3 is 0 Å². The zero-order valence-corrected chi connectivity index (χ0v) is 12.5. The highest BCUT2D eigenvalue weighted by Gasteiger charge is 2.23. The molecule has 116 valence electrons. The molecule has 1 N–H and O–H groups in total. The van der Waals surface area contributed by atoms with E-state index in [4.69, 9.17) is 4.74 Å². The lowest BCUT2D eigenvalue weighted by Gasteiger charge is -2.25. The fourth-order valence-electron chi connectivity index (χ4n) is 2.94. The number of aromatic nitrogens is 3. The highest BCUT2D eigenvalue weighted by Crippen LogP contribution is 2.29. The molecule has 23 heavy (non-hydrogen) atoms. The molecule has 1 aliphatic rings. The molecule has 6 heteroatoms. The Hall–Kier alpha value is -2.73. The van der Waals surface area contributed by atoms with Crippen LogP contribution in [0.15, 0.2) is 48.8 Å². The van der Waals surface area contributed by atoms with Gasteiger partial charge in [0.05, 0.1) is 25.3 Å². The predicted octanol–water partition coefficient (Wildman–Crippen LogP) is 2.37. The van der Waals surface area contributed by atoms with E-state index < -0.39 is 0 Å². The SMILES string of the molecule is O=C(C[C@@H]1OCCc2ccccc21)Nc1ccnc2ccnn12. The molecule has 1 aromatic carbocycles. The molecule has 3 aromatic rings. The van der Waals surface area contributed by atoms with Gasteiger partial charge in [0.1, 0.15) is 5.82 Å². The molecule has 0 spiro atoms. The van der Waals surface area contributed by atoms with E-state index in [0.717, 1.165) is 12.0 Å². The number of rotatable bonds is 3. The number of hydrogen-bond acceptors (Lipinski definition) is 4. The van der Waals surface area contributed by atoms with Crippen molar-refractivity contribution in [2.45, 2.75) is 18.9 Å². The third-order valence-electron chi connectivity index (χ3n) is 4.02. The van der Waals surface area contributed by atoms with Gasteiger partial charge in [-0.25, -0.2) is 4.98 Å². The highest BCUT2D eigenvalue weighted by atomic mass is 16.5. The summed E-state index contributed by atoms with van der Waals surface area (Å²) < 4.78 is 7.39. The molecule has 2 aromatic heterocycles. The maximum absolute atomic E-state index is 12.4. The molecule has 0 aliphatic carbocycles. The summed E-state index contributed by atoms with van der Waals surface area (Å²) in [5.41, 5.74) is 3.06. The number of anilines is 1. The third kappa shape index (κ3) is 2.68. The van der Waals surface area contributed by atoms with Crippen LogP contribution < -0.4 is 5.32 Å². The van der Waals surface area contributed by atoms with Crippen LogP contribution in [0.5, 0.6) is 0 Å². The average molecular weight is 308 g/mol. The van der Waals surface area contributed by atoms with E-state index in [1.807, 2.05) is 18.2 Å². The number of amides is 1. The van der Waals surface area contributed by atoms with Crippen molar-refractivity contribution in [1.29, 1.82) is 0 Å². The Morgan fingerprint density at radius 2 is 2.17 bits per heavy atom. The lowest BCUT2D eigenvalue weighted by atomic mass is 9.96. The second kappa shape index (κ2) is 5.81. The van der Waals surface area contributed by atoms with Crippen LogP contribution >= 0.6 is 0 Å². The van der Waals surface area contributed by atoms with Gasteiger partial charge in [-0.15, -0.1) is 0 Å². The topological polar surface area (TPSA) is 68.5 Å². The quantitative estimate of drug-likeness (QED) is 0.806. The van der Waals surface area contributed by atoms with Gasteiger partial charge < -0.3 is 10.1 Å². The molecule has 0 unspecified atom stereocenters. The molecule has 1 aliphatic heterocycles. The fourth-order valence-corrected chi connectivity index (χ4v) is 2.94. The van der Waals surface area contributed by atoms with Crippen LogP contribution in [0.2, 0.25) is 0 Å². The fraction of sp³-hybridized carbons (Fsp3) is 0.235. The van der Waals surface area contributed by atoms with Crippen LogP contribution in [0.3, 0.4) is 0 Å². The van der Waals surface area contributed by atoms with Crippen LogP contribution in [-0.2, 0) is 16.0 Å². The first kappa shape index (κ1) is 13.9. The van der Waals surface area contributed by atoms with Crippen LogP contribution in [-0.4, -0.2) is 27.1 Å². The zero-order valence-electron chi connectivity index (χ0n) is 12.5. The Morgan fingerprint density at radius 3 is 3.13 bits per heavy atom. The summed E-state index contributed by atoms with van der Waals surface area (Å²) in [5, 5.41) is 7.05. The number of nitrogens with one attached hydrogen (secondary N) is 1. The maximum atomic E-state index is 12.4. The lowest BCUT2D eigenvalue weighted by molar-refractivity contribution is -0.119. The van der Waals surface area contributed by atoms with Crippen LogP contribution in [0.25, 0.3) is 5.65 Å². The van der Waals surface area contributed by atoms with Gasteiger partial charge in [-0.05, 0) is 23.6 Å². The van der Waals surface area contributed by atoms with Crippen LogP contribution in [0.4, 0.5) is 5.82 Å². The minimum atomic E-state index is -0.199. The van der Waals surface area contributed by atoms with Crippen molar-refractivity contribution in [3.8, 4) is 0 Å². The van der Waals surface area contributed by atoms with Crippen LogP contribution in [0.1, 0.15) is 23.7 Å². The lowest BCUT2D eigenvalue weighted by Crippen LogP contribution is -2.23. The summed E-state index contributed by atoms with van der Waals surface area (Å²) in [5.74, 6) is 0.504. The first-order valence-corrected chi connectivity index (χ1v) is 7.59. The van der Waals surface area contributed by atoms with E-state index in [1.54, 1.807) is 29.0 Å². The maximum Gasteiger partial charge on any atom is 0.228 e. The van der Waals surface area contributed by atoms with E-state index in [9.17, 15) is 4.79 Å². The van der Waals surface area contributed by atoms with E-state index in [1.165, 1.54) is 5.56 Å².